The number of hydrogen-bond acceptors (Lipinski definition) is 5. The standard InChI is InChI=1S/C35H44F2N4O4/c1-5-12-40(13-6-2)34(44)27-14-23(3)15-28(19-27)35(45)41(24(4)33(43)39-21-25-10-8-7-9-11-25)22-32(42)31(38)18-26-16-29(36)20-30(37)17-26/h7-11,14-17,19-20,24,31-32,42H,5-6,12-13,18,21-22,38H2,1-4H3,(H,39,43)/t24-,31-,32+/m0/s1. The highest BCUT2D eigenvalue weighted by Gasteiger charge is 2.31. The molecule has 3 rings (SSSR count). The maximum Gasteiger partial charge on any atom is 0.254 e. The fraction of sp³-hybridized carbons (Fsp3) is 0.400. The number of benzene rings is 3. The number of halogens is 2. The van der Waals surface area contributed by atoms with Gasteiger partial charge in [0.1, 0.15) is 17.7 Å². The number of rotatable bonds is 15. The minimum absolute atomic E-state index is 0.0692. The molecule has 0 aromatic heterocycles. The molecule has 0 bridgehead atoms. The Bertz CT molecular complexity index is 1430. The number of nitrogens with one attached hydrogen (secondary N) is 1. The van der Waals surface area contributed by atoms with Crippen LogP contribution in [0.5, 0.6) is 0 Å². The summed E-state index contributed by atoms with van der Waals surface area (Å²) in [5, 5.41) is 13.9. The normalized spacial score (nSPS) is 13.1. The lowest BCUT2D eigenvalue weighted by atomic mass is 9.99. The molecular formula is C35H44F2N4O4. The van der Waals surface area contributed by atoms with Crippen molar-refractivity contribution in [3.8, 4) is 0 Å². The van der Waals surface area contributed by atoms with Crippen molar-refractivity contribution in [1.82, 2.24) is 15.1 Å². The summed E-state index contributed by atoms with van der Waals surface area (Å²) in [6.45, 7) is 8.35. The summed E-state index contributed by atoms with van der Waals surface area (Å²) in [5.74, 6) is -2.76. The van der Waals surface area contributed by atoms with Gasteiger partial charge in [-0.2, -0.15) is 0 Å². The highest BCUT2D eigenvalue weighted by Crippen LogP contribution is 2.18. The van der Waals surface area contributed by atoms with Gasteiger partial charge in [0.2, 0.25) is 5.91 Å². The predicted octanol–water partition coefficient (Wildman–Crippen LogP) is 4.61. The van der Waals surface area contributed by atoms with Crippen LogP contribution in [0.3, 0.4) is 0 Å². The van der Waals surface area contributed by atoms with E-state index in [9.17, 15) is 28.3 Å². The second-order valence-corrected chi connectivity index (χ2v) is 11.4. The van der Waals surface area contributed by atoms with Crippen molar-refractivity contribution in [2.45, 2.75) is 71.7 Å². The van der Waals surface area contributed by atoms with E-state index in [2.05, 4.69) is 5.32 Å². The van der Waals surface area contributed by atoms with Gasteiger partial charge in [0, 0.05) is 49.4 Å². The molecule has 3 atom stereocenters. The Labute approximate surface area is 264 Å². The van der Waals surface area contributed by atoms with Crippen LogP contribution in [0, 0.1) is 18.6 Å². The zero-order valence-electron chi connectivity index (χ0n) is 26.4. The number of hydrogen-bond donors (Lipinski definition) is 3. The smallest absolute Gasteiger partial charge is 0.254 e. The Kier molecular flexibility index (Phi) is 13.2. The van der Waals surface area contributed by atoms with Crippen LogP contribution in [0.15, 0.2) is 66.7 Å². The molecule has 4 N–H and O–H groups in total. The Morgan fingerprint density at radius 1 is 0.867 bits per heavy atom. The molecule has 3 aromatic rings. The van der Waals surface area contributed by atoms with E-state index in [0.29, 0.717) is 24.2 Å². The molecule has 3 aromatic carbocycles. The molecule has 3 amide bonds. The Morgan fingerprint density at radius 2 is 1.44 bits per heavy atom. The van der Waals surface area contributed by atoms with Crippen LogP contribution in [0.25, 0.3) is 0 Å². The van der Waals surface area contributed by atoms with E-state index in [-0.39, 0.29) is 36.5 Å². The summed E-state index contributed by atoms with van der Waals surface area (Å²) in [6, 6.07) is 15.1. The van der Waals surface area contributed by atoms with Crippen LogP contribution in [0.1, 0.15) is 71.0 Å². The lowest BCUT2D eigenvalue weighted by Crippen LogP contribution is -2.53. The van der Waals surface area contributed by atoms with Gasteiger partial charge in [-0.15, -0.1) is 0 Å². The van der Waals surface area contributed by atoms with Crippen LogP contribution in [0.4, 0.5) is 8.78 Å². The molecule has 0 radical (unpaired) electrons. The number of nitrogens with zero attached hydrogens (tertiary/aromatic N) is 2. The minimum atomic E-state index is -1.35. The average Bonchev–Trinajstić information content (AvgIpc) is 3.00. The Morgan fingerprint density at radius 3 is 2.02 bits per heavy atom. The van der Waals surface area contributed by atoms with E-state index in [1.165, 1.54) is 11.0 Å². The predicted molar refractivity (Wildman–Crippen MR) is 170 cm³/mol. The van der Waals surface area contributed by atoms with Gasteiger partial charge in [0.05, 0.1) is 6.10 Å². The van der Waals surface area contributed by atoms with Crippen LogP contribution in [-0.4, -0.2) is 70.4 Å². The number of nitrogens with two attached hydrogens (primary N) is 1. The van der Waals surface area contributed by atoms with E-state index in [0.717, 1.165) is 36.6 Å². The number of amides is 3. The first-order valence-electron chi connectivity index (χ1n) is 15.4. The molecule has 0 unspecified atom stereocenters. The van der Waals surface area contributed by atoms with Gasteiger partial charge >= 0.3 is 0 Å². The van der Waals surface area contributed by atoms with Crippen molar-refractivity contribution in [2.24, 2.45) is 5.73 Å². The average molecular weight is 623 g/mol. The second kappa shape index (κ2) is 16.8. The van der Waals surface area contributed by atoms with Crippen molar-refractivity contribution in [3.63, 3.8) is 0 Å². The van der Waals surface area contributed by atoms with Gasteiger partial charge in [-0.1, -0.05) is 44.2 Å². The molecule has 0 heterocycles. The molecule has 8 nitrogen and oxygen atoms in total. The summed E-state index contributed by atoms with van der Waals surface area (Å²) in [7, 11) is 0. The SMILES string of the molecule is CCCN(CCC)C(=O)c1cc(C)cc(C(=O)N(C[C@@H](O)[C@@H](N)Cc2cc(F)cc(F)c2)[C@@H](C)C(=O)NCc2ccccc2)c1. The topological polar surface area (TPSA) is 116 Å². The maximum atomic E-state index is 14.1. The summed E-state index contributed by atoms with van der Waals surface area (Å²) in [5.41, 5.74) is 8.57. The summed E-state index contributed by atoms with van der Waals surface area (Å²) < 4.78 is 27.5. The van der Waals surface area contributed by atoms with Gasteiger partial charge in [0.15, 0.2) is 0 Å². The van der Waals surface area contributed by atoms with E-state index < -0.39 is 41.6 Å². The fourth-order valence-electron chi connectivity index (χ4n) is 5.20. The van der Waals surface area contributed by atoms with Crippen molar-refractivity contribution in [1.29, 1.82) is 0 Å². The van der Waals surface area contributed by atoms with Crippen LogP contribution in [0.2, 0.25) is 0 Å². The third-order valence-corrected chi connectivity index (χ3v) is 7.53. The molecule has 0 fully saturated rings. The van der Waals surface area contributed by atoms with Crippen LogP contribution >= 0.6 is 0 Å². The van der Waals surface area contributed by atoms with Gasteiger partial charge in [0.25, 0.3) is 11.8 Å². The Hall–Kier alpha value is -4.15. The molecule has 0 saturated heterocycles. The highest BCUT2D eigenvalue weighted by atomic mass is 19.1. The van der Waals surface area contributed by atoms with Gasteiger partial charge < -0.3 is 26.0 Å². The molecule has 0 aliphatic rings. The van der Waals surface area contributed by atoms with Crippen molar-refractivity contribution >= 4 is 17.7 Å². The number of aliphatic hydroxyl groups excluding tert-OH is 1. The minimum Gasteiger partial charge on any atom is -0.390 e. The van der Waals surface area contributed by atoms with Crippen molar-refractivity contribution in [2.75, 3.05) is 19.6 Å². The first kappa shape index (κ1) is 35.3. The zero-order chi connectivity index (χ0) is 33.1. The van der Waals surface area contributed by atoms with Gasteiger partial charge in [-0.25, -0.2) is 8.78 Å². The molecule has 10 heteroatoms. The molecule has 0 aliphatic carbocycles. The quantitative estimate of drug-likeness (QED) is 0.229. The van der Waals surface area contributed by atoms with Crippen molar-refractivity contribution < 1.29 is 28.3 Å². The number of carbonyl (C=O) groups excluding carboxylic acids is 3. The van der Waals surface area contributed by atoms with Gasteiger partial charge in [-0.3, -0.25) is 14.4 Å². The summed E-state index contributed by atoms with van der Waals surface area (Å²) >= 11 is 0. The van der Waals surface area contributed by atoms with E-state index in [4.69, 9.17) is 5.73 Å². The maximum absolute atomic E-state index is 14.1. The lowest BCUT2D eigenvalue weighted by molar-refractivity contribution is -0.125. The van der Waals surface area contributed by atoms with E-state index in [1.54, 1.807) is 30.9 Å². The molecular weight excluding hydrogens is 578 g/mol. The Balaban J connectivity index is 1.90. The number of aryl methyl sites for hydroxylation is 1. The van der Waals surface area contributed by atoms with E-state index in [1.807, 2.05) is 44.2 Å². The second-order valence-electron chi connectivity index (χ2n) is 11.4. The van der Waals surface area contributed by atoms with Crippen LogP contribution < -0.4 is 11.1 Å². The first-order valence-corrected chi connectivity index (χ1v) is 15.4. The number of aliphatic hydroxyl groups is 1. The fourth-order valence-corrected chi connectivity index (χ4v) is 5.20. The van der Waals surface area contributed by atoms with E-state index >= 15 is 0 Å². The van der Waals surface area contributed by atoms with Crippen LogP contribution in [-0.2, 0) is 17.8 Å². The summed E-state index contributed by atoms with van der Waals surface area (Å²) in [6.07, 6.45) is 0.153. The molecule has 242 valence electrons. The monoisotopic (exact) mass is 622 g/mol. The summed E-state index contributed by atoms with van der Waals surface area (Å²) in [4.78, 5) is 43.8. The van der Waals surface area contributed by atoms with Crippen molar-refractivity contribution in [3.05, 3.63) is 106 Å². The first-order chi connectivity index (χ1) is 21.4. The highest BCUT2D eigenvalue weighted by molar-refractivity contribution is 6.01. The van der Waals surface area contributed by atoms with Gasteiger partial charge in [-0.05, 0) is 80.1 Å². The molecule has 0 aliphatic heterocycles. The lowest BCUT2D eigenvalue weighted by Gasteiger charge is -2.32. The molecule has 45 heavy (non-hydrogen) atoms. The number of carbonyl (C=O) groups is 3. The largest absolute Gasteiger partial charge is 0.390 e. The molecule has 0 saturated carbocycles. The third-order valence-electron chi connectivity index (χ3n) is 7.53. The molecule has 0 spiro atoms. The third kappa shape index (κ3) is 10.2. The zero-order valence-corrected chi connectivity index (χ0v) is 26.4.